The van der Waals surface area contributed by atoms with Crippen LogP contribution in [0.25, 0.3) is 10.4 Å². The summed E-state index contributed by atoms with van der Waals surface area (Å²) < 4.78 is 24.1. The lowest BCUT2D eigenvalue weighted by atomic mass is 10.2. The monoisotopic (exact) mass is 346 g/mol. The summed E-state index contributed by atoms with van der Waals surface area (Å²) in [4.78, 5) is 19.3. The lowest BCUT2D eigenvalue weighted by Crippen LogP contribution is -2.18. The highest BCUT2D eigenvalue weighted by Crippen LogP contribution is 2.16. The predicted octanol–water partition coefficient (Wildman–Crippen LogP) is 3.00. The van der Waals surface area contributed by atoms with Gasteiger partial charge in [-0.25, -0.2) is 4.83 Å². The smallest absolute Gasteiger partial charge is 0.276 e. The Bertz CT molecular complexity index is 887. The van der Waals surface area contributed by atoms with Gasteiger partial charge < -0.3 is 4.84 Å². The first-order chi connectivity index (χ1) is 11.5. The van der Waals surface area contributed by atoms with Crippen LogP contribution in [0.3, 0.4) is 0 Å². The minimum atomic E-state index is -3.86. The summed E-state index contributed by atoms with van der Waals surface area (Å²) in [5.41, 5.74) is 8.97. The van der Waals surface area contributed by atoms with Gasteiger partial charge in [0.2, 0.25) is 0 Å². The maximum Gasteiger partial charge on any atom is 0.276 e. The fraction of sp³-hybridized carbons (Fsp3) is 0. The van der Waals surface area contributed by atoms with Gasteiger partial charge in [0.05, 0.1) is 11.1 Å². The first kappa shape index (κ1) is 16.9. The first-order valence-corrected chi connectivity index (χ1v) is 7.83. The lowest BCUT2D eigenvalue weighted by Gasteiger charge is -2.04. The number of sulfonamides is 1. The molecule has 2 rings (SSSR count). The number of azide groups is 1. The predicted molar refractivity (Wildman–Crippen MR) is 86.0 cm³/mol. The van der Waals surface area contributed by atoms with Gasteiger partial charge in [-0.15, -0.1) is 4.91 Å². The molecule has 0 amide bonds. The molecule has 0 aliphatic carbocycles. The second-order valence-corrected chi connectivity index (χ2v) is 5.93. The molecular weight excluding hydrogens is 336 g/mol. The first-order valence-electron chi connectivity index (χ1n) is 6.35. The fourth-order valence-corrected chi connectivity index (χ4v) is 2.38. The molecule has 0 saturated carbocycles. The van der Waals surface area contributed by atoms with Crippen molar-refractivity contribution in [2.45, 2.75) is 4.90 Å². The number of nitrogens with one attached hydrogen (secondary N) is 1. The van der Waals surface area contributed by atoms with Crippen molar-refractivity contribution in [3.63, 3.8) is 0 Å². The number of hydrazone groups is 1. The Hall–Kier alpha value is -3.43. The average Bonchev–Trinajstić information content (AvgIpc) is 2.61. The molecule has 0 radical (unpaired) electrons. The maximum atomic E-state index is 12.0. The molecule has 2 aromatic carbocycles. The second-order valence-electron chi connectivity index (χ2n) is 4.27. The van der Waals surface area contributed by atoms with Crippen molar-refractivity contribution in [3.05, 3.63) is 69.4 Å². The summed E-state index contributed by atoms with van der Waals surface area (Å²) in [7, 11) is -3.86. The van der Waals surface area contributed by atoms with E-state index < -0.39 is 10.0 Å². The molecule has 10 nitrogen and oxygen atoms in total. The van der Waals surface area contributed by atoms with Gasteiger partial charge in [-0.05, 0) is 52.7 Å². The Kier molecular flexibility index (Phi) is 5.45. The van der Waals surface area contributed by atoms with E-state index in [1.807, 2.05) is 4.83 Å². The third-order valence-corrected chi connectivity index (χ3v) is 3.94. The third kappa shape index (κ3) is 4.53. The molecule has 0 unspecified atom stereocenters. The zero-order valence-corrected chi connectivity index (χ0v) is 12.8. The molecule has 11 heteroatoms. The number of benzene rings is 2. The van der Waals surface area contributed by atoms with Crippen LogP contribution >= 0.6 is 0 Å². The zero-order valence-electron chi connectivity index (χ0n) is 12.0. The van der Waals surface area contributed by atoms with Gasteiger partial charge in [-0.2, -0.15) is 13.5 Å². The number of hydrogen-bond acceptors (Lipinski definition) is 7. The number of rotatable bonds is 7. The molecule has 1 N–H and O–H groups in total. The molecular formula is C13H10N6O4S. The second kappa shape index (κ2) is 7.72. The van der Waals surface area contributed by atoms with Crippen molar-refractivity contribution in [2.75, 3.05) is 0 Å². The normalized spacial score (nSPS) is 10.8. The highest BCUT2D eigenvalue weighted by molar-refractivity contribution is 7.89. The van der Waals surface area contributed by atoms with Crippen LogP contribution in [0.1, 0.15) is 5.56 Å². The van der Waals surface area contributed by atoms with Gasteiger partial charge in [0, 0.05) is 4.91 Å². The lowest BCUT2D eigenvalue weighted by molar-refractivity contribution is 0.332. The van der Waals surface area contributed by atoms with Crippen LogP contribution in [0, 0.1) is 4.91 Å². The molecule has 0 atom stereocenters. The summed E-state index contributed by atoms with van der Waals surface area (Å²) in [6.45, 7) is 0. The zero-order chi connectivity index (χ0) is 17.4. The van der Waals surface area contributed by atoms with Crippen molar-refractivity contribution >= 4 is 21.9 Å². The molecule has 0 heterocycles. The minimum absolute atomic E-state index is 0.0477. The van der Waals surface area contributed by atoms with E-state index in [0.29, 0.717) is 5.56 Å². The Morgan fingerprint density at radius 1 is 1.08 bits per heavy atom. The molecule has 0 fully saturated rings. The third-order valence-electron chi connectivity index (χ3n) is 2.70. The number of hydrogen-bond donors (Lipinski definition) is 1. The van der Waals surface area contributed by atoms with Crippen molar-refractivity contribution in [3.8, 4) is 5.75 Å². The summed E-state index contributed by atoms with van der Waals surface area (Å²) in [6, 6.07) is 11.3. The fourth-order valence-electron chi connectivity index (χ4n) is 1.59. The standard InChI is InChI=1S/C13H10N6O4S/c14-17-18-23-12-5-7-13(8-6-12)24(21,22)19-15-9-10-1-3-11(16-20)4-2-10/h1-9,19H. The van der Waals surface area contributed by atoms with Crippen LogP contribution in [0.15, 0.2) is 69.0 Å². The van der Waals surface area contributed by atoms with E-state index in [9.17, 15) is 13.3 Å². The van der Waals surface area contributed by atoms with Crippen molar-refractivity contribution in [2.24, 2.45) is 15.6 Å². The largest absolute Gasteiger partial charge is 0.394 e. The summed E-state index contributed by atoms with van der Waals surface area (Å²) >= 11 is 0. The van der Waals surface area contributed by atoms with E-state index in [1.54, 1.807) is 12.1 Å². The van der Waals surface area contributed by atoms with E-state index in [1.165, 1.54) is 42.6 Å². The van der Waals surface area contributed by atoms with Crippen LogP contribution in [0.4, 0.5) is 5.69 Å². The SMILES string of the molecule is [N-]=[N+]=NOc1ccc(S(=O)(=O)NN=Cc2ccc(N=O)cc2)cc1. The number of nitrogens with zero attached hydrogens (tertiary/aromatic N) is 5. The molecule has 24 heavy (non-hydrogen) atoms. The quantitative estimate of drug-likeness (QED) is 0.205. The van der Waals surface area contributed by atoms with Gasteiger partial charge in [0.1, 0.15) is 16.7 Å². The Balaban J connectivity index is 2.05. The Labute approximate surface area is 136 Å². The van der Waals surface area contributed by atoms with Crippen molar-refractivity contribution in [1.82, 2.24) is 4.83 Å². The van der Waals surface area contributed by atoms with E-state index in [0.717, 1.165) is 0 Å². The van der Waals surface area contributed by atoms with Crippen molar-refractivity contribution < 1.29 is 13.3 Å². The van der Waals surface area contributed by atoms with Crippen LogP contribution in [-0.4, -0.2) is 14.6 Å². The molecule has 0 aromatic heterocycles. The summed E-state index contributed by atoms with van der Waals surface area (Å²) in [5.74, 6) is 0.194. The van der Waals surface area contributed by atoms with E-state index in [-0.39, 0.29) is 16.3 Å². The molecule has 0 aliphatic heterocycles. The molecule has 0 spiro atoms. The maximum absolute atomic E-state index is 12.0. The Morgan fingerprint density at radius 2 is 1.75 bits per heavy atom. The molecule has 2 aromatic rings. The van der Waals surface area contributed by atoms with Gasteiger partial charge in [-0.1, -0.05) is 12.1 Å². The average molecular weight is 346 g/mol. The summed E-state index contributed by atoms with van der Waals surface area (Å²) in [5, 5.41) is 9.30. The van der Waals surface area contributed by atoms with Crippen LogP contribution < -0.4 is 9.67 Å². The molecule has 122 valence electrons. The van der Waals surface area contributed by atoms with Crippen LogP contribution in [0.5, 0.6) is 5.75 Å². The highest BCUT2D eigenvalue weighted by atomic mass is 32.2. The summed E-state index contributed by atoms with van der Waals surface area (Å²) in [6.07, 6.45) is 1.28. The Morgan fingerprint density at radius 3 is 2.33 bits per heavy atom. The van der Waals surface area contributed by atoms with Gasteiger partial charge in [0.15, 0.2) is 0 Å². The van der Waals surface area contributed by atoms with Crippen LogP contribution in [-0.2, 0) is 10.0 Å². The number of nitroso groups, excluding NO2 is 1. The molecule has 0 aliphatic rings. The minimum Gasteiger partial charge on any atom is -0.394 e. The van der Waals surface area contributed by atoms with E-state index in [4.69, 9.17) is 5.53 Å². The highest BCUT2D eigenvalue weighted by Gasteiger charge is 2.12. The molecule has 0 bridgehead atoms. The van der Waals surface area contributed by atoms with E-state index >= 15 is 0 Å². The van der Waals surface area contributed by atoms with Gasteiger partial charge >= 0.3 is 0 Å². The van der Waals surface area contributed by atoms with Gasteiger partial charge in [-0.3, -0.25) is 0 Å². The van der Waals surface area contributed by atoms with Gasteiger partial charge in [0.25, 0.3) is 10.0 Å². The van der Waals surface area contributed by atoms with E-state index in [2.05, 4.69) is 25.3 Å². The van der Waals surface area contributed by atoms with Crippen molar-refractivity contribution in [1.29, 1.82) is 0 Å². The molecule has 0 saturated heterocycles. The van der Waals surface area contributed by atoms with Crippen LogP contribution in [0.2, 0.25) is 0 Å². The topological polar surface area (TPSA) is 146 Å².